The minimum Gasteiger partial charge on any atom is -0.491 e. The number of hydrogen-bond donors (Lipinski definition) is 1. The Kier molecular flexibility index (Phi) is 4.74. The van der Waals surface area contributed by atoms with E-state index in [-0.39, 0.29) is 12.1 Å². The van der Waals surface area contributed by atoms with Gasteiger partial charge in [-0.05, 0) is 38.5 Å². The van der Waals surface area contributed by atoms with Crippen molar-refractivity contribution in [1.82, 2.24) is 5.32 Å². The second-order valence-electron chi connectivity index (χ2n) is 4.78. The van der Waals surface area contributed by atoms with Gasteiger partial charge in [0.05, 0.1) is 0 Å². The monoisotopic (exact) mass is 225 g/mol. The van der Waals surface area contributed by atoms with Crippen LogP contribution >= 0.6 is 0 Å². The molecule has 0 bridgehead atoms. The maximum Gasteiger partial charge on any atom is 0.123 e. The summed E-state index contributed by atoms with van der Waals surface area (Å²) >= 11 is 0. The average molecular weight is 225 g/mol. The number of nitrogens with one attached hydrogen (secondary N) is 1. The lowest BCUT2D eigenvalue weighted by Crippen LogP contribution is -2.35. The average Bonchev–Trinajstić information content (AvgIpc) is 2.24. The predicted octanol–water partition coefficient (Wildman–Crippen LogP) is 2.92. The molecular formula is C13H20FNO. The molecule has 90 valence electrons. The molecule has 0 amide bonds. The van der Waals surface area contributed by atoms with E-state index in [1.54, 1.807) is 0 Å². The Bertz CT molecular complexity index is 303. The van der Waals surface area contributed by atoms with Gasteiger partial charge in [-0.15, -0.1) is 0 Å². The molecule has 1 aromatic rings. The highest BCUT2D eigenvalue weighted by Gasteiger charge is 2.07. The molecule has 16 heavy (non-hydrogen) atoms. The van der Waals surface area contributed by atoms with Crippen molar-refractivity contribution in [2.24, 2.45) is 0 Å². The lowest BCUT2D eigenvalue weighted by molar-refractivity contribution is 0.273. The van der Waals surface area contributed by atoms with Crippen molar-refractivity contribution in [3.8, 4) is 5.75 Å². The van der Waals surface area contributed by atoms with Crippen LogP contribution in [0.1, 0.15) is 26.3 Å². The van der Waals surface area contributed by atoms with Crippen molar-refractivity contribution < 1.29 is 9.13 Å². The van der Waals surface area contributed by atoms with E-state index in [1.165, 1.54) is 5.56 Å². The molecule has 1 N–H and O–H groups in total. The van der Waals surface area contributed by atoms with Crippen molar-refractivity contribution in [1.29, 1.82) is 0 Å². The van der Waals surface area contributed by atoms with Crippen LogP contribution in [0.4, 0.5) is 4.39 Å². The summed E-state index contributed by atoms with van der Waals surface area (Å²) in [5.74, 6) is 0.720. The summed E-state index contributed by atoms with van der Waals surface area (Å²) in [5, 5.41) is 3.40. The van der Waals surface area contributed by atoms with Crippen LogP contribution in [0.25, 0.3) is 0 Å². The maximum absolute atomic E-state index is 11.9. The fourth-order valence-corrected chi connectivity index (χ4v) is 1.23. The van der Waals surface area contributed by atoms with Crippen molar-refractivity contribution in [3.05, 3.63) is 29.8 Å². The second-order valence-corrected chi connectivity index (χ2v) is 4.78. The van der Waals surface area contributed by atoms with Crippen LogP contribution in [0.3, 0.4) is 0 Å². The number of halogens is 1. The van der Waals surface area contributed by atoms with Crippen molar-refractivity contribution in [2.75, 3.05) is 13.3 Å². The first-order valence-corrected chi connectivity index (χ1v) is 5.54. The fraction of sp³-hybridized carbons (Fsp3) is 0.538. The third-order valence-electron chi connectivity index (χ3n) is 2.09. The van der Waals surface area contributed by atoms with E-state index in [0.717, 1.165) is 12.3 Å². The Balaban J connectivity index is 2.45. The zero-order chi connectivity index (χ0) is 12.0. The molecule has 0 unspecified atom stereocenters. The molecule has 1 rings (SSSR count). The number of ether oxygens (including phenoxy) is 1. The molecule has 3 heteroatoms. The smallest absolute Gasteiger partial charge is 0.123 e. The maximum atomic E-state index is 11.9. The number of benzene rings is 1. The zero-order valence-corrected chi connectivity index (χ0v) is 10.2. The predicted molar refractivity (Wildman–Crippen MR) is 64.5 cm³/mol. The first kappa shape index (κ1) is 13.0. The molecule has 0 aromatic heterocycles. The van der Waals surface area contributed by atoms with E-state index in [4.69, 9.17) is 4.74 Å². The van der Waals surface area contributed by atoms with Crippen LogP contribution in [0.5, 0.6) is 5.75 Å². The second kappa shape index (κ2) is 5.85. The van der Waals surface area contributed by atoms with Crippen LogP contribution in [-0.4, -0.2) is 18.8 Å². The Morgan fingerprint density at radius 3 is 2.31 bits per heavy atom. The van der Waals surface area contributed by atoms with Gasteiger partial charge in [0.25, 0.3) is 0 Å². The lowest BCUT2D eigenvalue weighted by atomic mass is 10.1. The molecule has 2 nitrogen and oxygen atoms in total. The highest BCUT2D eigenvalue weighted by Crippen LogP contribution is 2.12. The van der Waals surface area contributed by atoms with Crippen molar-refractivity contribution in [2.45, 2.75) is 32.9 Å². The first-order chi connectivity index (χ1) is 7.51. The normalized spacial score (nSPS) is 11.5. The van der Waals surface area contributed by atoms with Gasteiger partial charge in [0, 0.05) is 12.1 Å². The Labute approximate surface area is 96.8 Å². The Morgan fingerprint density at radius 1 is 1.19 bits per heavy atom. The molecule has 0 fully saturated rings. The van der Waals surface area contributed by atoms with Crippen LogP contribution < -0.4 is 10.1 Å². The lowest BCUT2D eigenvalue weighted by Gasteiger charge is -2.20. The highest BCUT2D eigenvalue weighted by atomic mass is 19.1. The van der Waals surface area contributed by atoms with Gasteiger partial charge in [0.1, 0.15) is 19.0 Å². The highest BCUT2D eigenvalue weighted by molar-refractivity contribution is 5.27. The minimum atomic E-state index is -0.451. The summed E-state index contributed by atoms with van der Waals surface area (Å²) in [7, 11) is 0. The summed E-state index contributed by atoms with van der Waals surface area (Å²) in [6.45, 7) is 6.89. The van der Waals surface area contributed by atoms with Gasteiger partial charge in [0.15, 0.2) is 0 Å². The molecule has 0 aliphatic heterocycles. The summed E-state index contributed by atoms with van der Waals surface area (Å²) in [5.41, 5.74) is 1.31. The van der Waals surface area contributed by atoms with Gasteiger partial charge in [-0.1, -0.05) is 12.1 Å². The molecule has 0 saturated heterocycles. The third kappa shape index (κ3) is 5.12. The summed E-state index contributed by atoms with van der Waals surface area (Å²) in [6.07, 6.45) is 0. The molecule has 0 heterocycles. The third-order valence-corrected chi connectivity index (χ3v) is 2.09. The SMILES string of the molecule is CC(C)(C)NCc1ccc(OCCF)cc1. The summed E-state index contributed by atoms with van der Waals surface area (Å²) in [6, 6.07) is 7.73. The topological polar surface area (TPSA) is 21.3 Å². The van der Waals surface area contributed by atoms with Crippen molar-refractivity contribution >= 4 is 0 Å². The van der Waals surface area contributed by atoms with Crippen LogP contribution in [-0.2, 0) is 6.54 Å². The van der Waals surface area contributed by atoms with E-state index in [2.05, 4.69) is 26.1 Å². The molecule has 0 saturated carbocycles. The zero-order valence-electron chi connectivity index (χ0n) is 10.2. The fourth-order valence-electron chi connectivity index (χ4n) is 1.23. The van der Waals surface area contributed by atoms with Gasteiger partial charge in [-0.2, -0.15) is 0 Å². The first-order valence-electron chi connectivity index (χ1n) is 5.54. The quantitative estimate of drug-likeness (QED) is 0.832. The van der Waals surface area contributed by atoms with Gasteiger partial charge < -0.3 is 10.1 Å². The number of alkyl halides is 1. The molecule has 0 aliphatic carbocycles. The van der Waals surface area contributed by atoms with Gasteiger partial charge in [-0.3, -0.25) is 0 Å². The largest absolute Gasteiger partial charge is 0.491 e. The van der Waals surface area contributed by atoms with E-state index < -0.39 is 6.67 Å². The molecule has 0 aliphatic rings. The minimum absolute atomic E-state index is 0.114. The van der Waals surface area contributed by atoms with Gasteiger partial charge >= 0.3 is 0 Å². The summed E-state index contributed by atoms with van der Waals surface area (Å²) in [4.78, 5) is 0. The molecule has 0 atom stereocenters. The van der Waals surface area contributed by atoms with Crippen LogP contribution in [0, 0.1) is 0 Å². The van der Waals surface area contributed by atoms with Gasteiger partial charge in [0.2, 0.25) is 0 Å². The van der Waals surface area contributed by atoms with E-state index >= 15 is 0 Å². The molecule has 0 radical (unpaired) electrons. The van der Waals surface area contributed by atoms with E-state index in [1.807, 2.05) is 24.3 Å². The van der Waals surface area contributed by atoms with Gasteiger partial charge in [-0.25, -0.2) is 4.39 Å². The Hall–Kier alpha value is -1.09. The molecule has 1 aromatic carbocycles. The van der Waals surface area contributed by atoms with Crippen molar-refractivity contribution in [3.63, 3.8) is 0 Å². The van der Waals surface area contributed by atoms with E-state index in [9.17, 15) is 4.39 Å². The van der Waals surface area contributed by atoms with E-state index in [0.29, 0.717) is 0 Å². The Morgan fingerprint density at radius 2 is 1.81 bits per heavy atom. The molecular weight excluding hydrogens is 205 g/mol. The molecule has 0 spiro atoms. The number of hydrogen-bond acceptors (Lipinski definition) is 2. The van der Waals surface area contributed by atoms with Crippen LogP contribution in [0.2, 0.25) is 0 Å². The van der Waals surface area contributed by atoms with Crippen LogP contribution in [0.15, 0.2) is 24.3 Å². The standard InChI is InChI=1S/C13H20FNO/c1-13(2,3)15-10-11-4-6-12(7-5-11)16-9-8-14/h4-7,15H,8-10H2,1-3H3. The number of rotatable bonds is 5. The summed E-state index contributed by atoms with van der Waals surface area (Å²) < 4.78 is 17.0.